The molecule has 0 radical (unpaired) electrons. The molecule has 0 aliphatic heterocycles. The van der Waals surface area contributed by atoms with E-state index in [4.69, 9.17) is 5.11 Å². The van der Waals surface area contributed by atoms with Crippen LogP contribution in [0.2, 0.25) is 0 Å². The maximum Gasteiger partial charge on any atom is 0.102 e. The van der Waals surface area contributed by atoms with Crippen LogP contribution in [0.25, 0.3) is 0 Å². The average Bonchev–Trinajstić information content (AvgIpc) is 2.15. The first kappa shape index (κ1) is 13.3. The molecule has 0 spiro atoms. The Labute approximate surface area is 86.9 Å². The lowest BCUT2D eigenvalue weighted by Crippen LogP contribution is -2.27. The zero-order valence-corrected chi connectivity index (χ0v) is 9.67. The van der Waals surface area contributed by atoms with Gasteiger partial charge in [-0.15, -0.1) is 0 Å². The van der Waals surface area contributed by atoms with Gasteiger partial charge in [0.05, 0.1) is 0 Å². The quantitative estimate of drug-likeness (QED) is 0.507. The van der Waals surface area contributed by atoms with Crippen LogP contribution >= 0.6 is 0 Å². The van der Waals surface area contributed by atoms with Crippen LogP contribution in [-0.4, -0.2) is 23.6 Å². The monoisotopic (exact) mass is 198 g/mol. The van der Waals surface area contributed by atoms with Crippen molar-refractivity contribution < 1.29 is 5.11 Å². The molecule has 1 unspecified atom stereocenters. The van der Waals surface area contributed by atoms with Crippen LogP contribution in [0, 0.1) is 0 Å². The van der Waals surface area contributed by atoms with E-state index in [9.17, 15) is 0 Å². The highest BCUT2D eigenvalue weighted by atomic mass is 16.3. The number of hydrogen-bond donors (Lipinski definition) is 2. The van der Waals surface area contributed by atoms with Crippen molar-refractivity contribution in [1.82, 2.24) is 5.32 Å². The molecule has 0 aliphatic carbocycles. The van der Waals surface area contributed by atoms with Gasteiger partial charge in [-0.05, 0) is 33.6 Å². The molecule has 0 aromatic heterocycles. The molecule has 0 aromatic carbocycles. The van der Waals surface area contributed by atoms with E-state index in [-0.39, 0.29) is 0 Å². The molecular weight excluding hydrogens is 176 g/mol. The minimum absolute atomic E-state index is 0.434. The Morgan fingerprint density at radius 1 is 1.57 bits per heavy atom. The van der Waals surface area contributed by atoms with Gasteiger partial charge in [0.2, 0.25) is 0 Å². The van der Waals surface area contributed by atoms with Gasteiger partial charge in [0.25, 0.3) is 0 Å². The molecule has 0 saturated carbocycles. The molecule has 0 bridgehead atoms. The van der Waals surface area contributed by atoms with E-state index < -0.39 is 6.23 Å². The standard InChI is InChI=1S/C11H22N2O/c1-5-9(3)13-11(6-2)7-8-12-10(4)14/h5,10,12,14H,6-8H2,1-4H3/b9-5+,13-11+. The molecule has 0 aromatic rings. The summed E-state index contributed by atoms with van der Waals surface area (Å²) in [5, 5.41) is 12.0. The van der Waals surface area contributed by atoms with Gasteiger partial charge >= 0.3 is 0 Å². The molecule has 0 rings (SSSR count). The molecular formula is C11H22N2O. The zero-order chi connectivity index (χ0) is 11.0. The second kappa shape index (κ2) is 7.71. The summed E-state index contributed by atoms with van der Waals surface area (Å²) in [6.07, 6.45) is 3.42. The van der Waals surface area contributed by atoms with Crippen LogP contribution in [0.1, 0.15) is 40.5 Å². The van der Waals surface area contributed by atoms with E-state index in [1.807, 2.05) is 19.9 Å². The van der Waals surface area contributed by atoms with Crippen molar-refractivity contribution in [2.45, 2.75) is 46.8 Å². The molecule has 0 heterocycles. The number of aliphatic imine (C=N–C) groups is 1. The molecule has 0 saturated heterocycles. The smallest absolute Gasteiger partial charge is 0.102 e. The molecule has 0 amide bonds. The SMILES string of the molecule is C/C=C(C)/N=C(\CC)CCNC(C)O. The van der Waals surface area contributed by atoms with Crippen LogP contribution in [0.4, 0.5) is 0 Å². The van der Waals surface area contributed by atoms with Crippen molar-refractivity contribution in [3.63, 3.8) is 0 Å². The van der Waals surface area contributed by atoms with Gasteiger partial charge in [-0.25, -0.2) is 0 Å². The summed E-state index contributed by atoms with van der Waals surface area (Å²) in [4.78, 5) is 4.47. The van der Waals surface area contributed by atoms with Crippen molar-refractivity contribution in [3.05, 3.63) is 11.8 Å². The number of rotatable bonds is 6. The fraction of sp³-hybridized carbons (Fsp3) is 0.727. The van der Waals surface area contributed by atoms with E-state index in [2.05, 4.69) is 17.2 Å². The second-order valence-electron chi connectivity index (χ2n) is 3.34. The Bertz CT molecular complexity index is 207. The van der Waals surface area contributed by atoms with E-state index in [0.717, 1.165) is 25.1 Å². The summed E-state index contributed by atoms with van der Waals surface area (Å²) in [7, 11) is 0. The van der Waals surface area contributed by atoms with E-state index in [0.29, 0.717) is 0 Å². The van der Waals surface area contributed by atoms with Crippen molar-refractivity contribution in [2.75, 3.05) is 6.54 Å². The van der Waals surface area contributed by atoms with Crippen molar-refractivity contribution in [1.29, 1.82) is 0 Å². The highest BCUT2D eigenvalue weighted by Gasteiger charge is 1.98. The van der Waals surface area contributed by atoms with Crippen LogP contribution in [0.15, 0.2) is 16.8 Å². The predicted octanol–water partition coefficient (Wildman–Crippen LogP) is 2.08. The van der Waals surface area contributed by atoms with E-state index in [1.54, 1.807) is 6.92 Å². The van der Waals surface area contributed by atoms with Gasteiger partial charge in [-0.1, -0.05) is 13.0 Å². The van der Waals surface area contributed by atoms with Crippen molar-refractivity contribution in [3.8, 4) is 0 Å². The lowest BCUT2D eigenvalue weighted by Gasteiger charge is -2.08. The Hall–Kier alpha value is -0.670. The Morgan fingerprint density at radius 2 is 2.21 bits per heavy atom. The van der Waals surface area contributed by atoms with Gasteiger partial charge in [0.15, 0.2) is 0 Å². The van der Waals surface area contributed by atoms with E-state index in [1.165, 1.54) is 5.71 Å². The molecule has 14 heavy (non-hydrogen) atoms. The van der Waals surface area contributed by atoms with Crippen LogP contribution in [0.3, 0.4) is 0 Å². The van der Waals surface area contributed by atoms with Crippen LogP contribution < -0.4 is 5.32 Å². The van der Waals surface area contributed by atoms with Gasteiger partial charge in [0.1, 0.15) is 6.23 Å². The summed E-state index contributed by atoms with van der Waals surface area (Å²) >= 11 is 0. The number of nitrogens with one attached hydrogen (secondary N) is 1. The first-order chi connectivity index (χ1) is 6.60. The van der Waals surface area contributed by atoms with Gasteiger partial charge in [0, 0.05) is 18.0 Å². The third-order valence-corrected chi connectivity index (χ3v) is 2.01. The minimum Gasteiger partial charge on any atom is -0.379 e. The third kappa shape index (κ3) is 6.80. The Kier molecular flexibility index (Phi) is 7.34. The summed E-state index contributed by atoms with van der Waals surface area (Å²) in [6.45, 7) is 8.59. The first-order valence-corrected chi connectivity index (χ1v) is 5.21. The van der Waals surface area contributed by atoms with Crippen molar-refractivity contribution >= 4 is 5.71 Å². The summed E-state index contributed by atoms with van der Waals surface area (Å²) in [5.74, 6) is 0. The normalized spacial score (nSPS) is 15.8. The summed E-state index contributed by atoms with van der Waals surface area (Å²) in [6, 6.07) is 0. The molecule has 2 N–H and O–H groups in total. The summed E-state index contributed by atoms with van der Waals surface area (Å²) < 4.78 is 0. The molecule has 3 heteroatoms. The first-order valence-electron chi connectivity index (χ1n) is 5.21. The predicted molar refractivity (Wildman–Crippen MR) is 61.5 cm³/mol. The highest BCUT2D eigenvalue weighted by Crippen LogP contribution is 2.00. The fourth-order valence-electron chi connectivity index (χ4n) is 1.05. The van der Waals surface area contributed by atoms with E-state index >= 15 is 0 Å². The average molecular weight is 198 g/mol. The van der Waals surface area contributed by atoms with Crippen LogP contribution in [0.5, 0.6) is 0 Å². The molecule has 0 fully saturated rings. The lowest BCUT2D eigenvalue weighted by molar-refractivity contribution is 0.158. The molecule has 82 valence electrons. The molecule has 1 atom stereocenters. The second-order valence-corrected chi connectivity index (χ2v) is 3.34. The van der Waals surface area contributed by atoms with Gasteiger partial charge in [-0.2, -0.15) is 0 Å². The maximum absolute atomic E-state index is 9.00. The Balaban J connectivity index is 3.97. The minimum atomic E-state index is -0.434. The topological polar surface area (TPSA) is 44.6 Å². The van der Waals surface area contributed by atoms with Crippen LogP contribution in [-0.2, 0) is 0 Å². The van der Waals surface area contributed by atoms with Gasteiger partial charge < -0.3 is 5.11 Å². The number of aliphatic hydroxyl groups excluding tert-OH is 1. The summed E-state index contributed by atoms with van der Waals surface area (Å²) in [5.41, 5.74) is 2.23. The third-order valence-electron chi connectivity index (χ3n) is 2.01. The largest absolute Gasteiger partial charge is 0.379 e. The maximum atomic E-state index is 9.00. The molecule has 0 aliphatic rings. The lowest BCUT2D eigenvalue weighted by atomic mass is 10.2. The fourth-order valence-corrected chi connectivity index (χ4v) is 1.05. The highest BCUT2D eigenvalue weighted by molar-refractivity contribution is 5.85. The van der Waals surface area contributed by atoms with Gasteiger partial charge in [-0.3, -0.25) is 10.3 Å². The Morgan fingerprint density at radius 3 is 2.64 bits per heavy atom. The number of hydrogen-bond acceptors (Lipinski definition) is 3. The number of aliphatic hydroxyl groups is 1. The van der Waals surface area contributed by atoms with Crippen molar-refractivity contribution in [2.24, 2.45) is 4.99 Å². The molecule has 3 nitrogen and oxygen atoms in total. The number of nitrogens with zero attached hydrogens (tertiary/aromatic N) is 1. The number of allylic oxidation sites excluding steroid dienone is 2. The zero-order valence-electron chi connectivity index (χ0n) is 9.67.